The maximum absolute atomic E-state index is 12.6. The zero-order valence-corrected chi connectivity index (χ0v) is 10.4. The van der Waals surface area contributed by atoms with Crippen molar-refractivity contribution in [2.45, 2.75) is 11.8 Å². The van der Waals surface area contributed by atoms with Gasteiger partial charge in [0.15, 0.2) is 5.96 Å². The molecular weight excluding hydrogens is 293 g/mol. The van der Waals surface area contributed by atoms with E-state index in [1.807, 2.05) is 0 Å². The van der Waals surface area contributed by atoms with Gasteiger partial charge in [0.2, 0.25) is 0 Å². The van der Waals surface area contributed by atoms with Crippen LogP contribution in [0, 0.1) is 6.92 Å². The largest absolute Gasteiger partial charge is 0.370 e. The Hall–Kier alpha value is -1.84. The third-order valence-corrected chi connectivity index (χ3v) is 3.26. The van der Waals surface area contributed by atoms with Gasteiger partial charge in [-0.25, -0.2) is 0 Å². The Kier molecular flexibility index (Phi) is 2.88. The van der Waals surface area contributed by atoms with Crippen LogP contribution in [0.2, 0.25) is 0 Å². The normalized spacial score (nSPS) is 15.3. The molecule has 0 radical (unpaired) electrons. The molecule has 0 aliphatic carbocycles. The first-order valence-electron chi connectivity index (χ1n) is 4.69. The van der Waals surface area contributed by atoms with Crippen LogP contribution in [0.25, 0.3) is 0 Å². The highest BCUT2D eigenvalue weighted by atomic mass is 32.5. The number of hydrogen-bond donors (Lipinski definition) is 2. The highest BCUT2D eigenvalue weighted by molar-refractivity contribution is 8.45. The van der Waals surface area contributed by atoms with E-state index < -0.39 is 32.5 Å². The topological polar surface area (TPSA) is 81.5 Å². The molecule has 4 N–H and O–H groups in total. The molecule has 0 aromatic heterocycles. The van der Waals surface area contributed by atoms with Crippen LogP contribution >= 0.6 is 10.2 Å². The van der Waals surface area contributed by atoms with Crippen molar-refractivity contribution in [3.63, 3.8) is 0 Å². The Morgan fingerprint density at radius 3 is 2.11 bits per heavy atom. The number of hydrogen-bond acceptors (Lipinski definition) is 1. The van der Waals surface area contributed by atoms with Crippen LogP contribution in [0.4, 0.5) is 19.4 Å². The number of aryl methyl sites for hydroxylation is 1. The Bertz CT molecular complexity index is 577. The fourth-order valence-electron chi connectivity index (χ4n) is 1.25. The van der Waals surface area contributed by atoms with Gasteiger partial charge in [-0.15, -0.1) is 0 Å². The van der Waals surface area contributed by atoms with Crippen LogP contribution in [0.15, 0.2) is 28.1 Å². The number of halogens is 5. The monoisotopic (exact) mass is 303 g/mol. The molecule has 1 amide bonds. The van der Waals surface area contributed by atoms with Crippen LogP contribution in [0.1, 0.15) is 15.9 Å². The third kappa shape index (κ3) is 3.81. The van der Waals surface area contributed by atoms with Gasteiger partial charge in [0, 0.05) is 5.56 Å². The first-order valence-corrected chi connectivity index (χ1v) is 6.64. The van der Waals surface area contributed by atoms with Crippen molar-refractivity contribution in [3.8, 4) is 0 Å². The molecule has 1 aromatic rings. The van der Waals surface area contributed by atoms with Crippen molar-refractivity contribution in [1.82, 2.24) is 0 Å². The maximum Gasteiger partial charge on any atom is 0.310 e. The van der Waals surface area contributed by atoms with E-state index in [4.69, 9.17) is 11.5 Å². The van der Waals surface area contributed by atoms with Crippen molar-refractivity contribution in [1.29, 1.82) is 0 Å². The van der Waals surface area contributed by atoms with Gasteiger partial charge in [0.05, 0.1) is 0 Å². The Morgan fingerprint density at radius 2 is 1.68 bits per heavy atom. The molecule has 0 aliphatic rings. The molecule has 0 spiro atoms. The minimum absolute atomic E-state index is 0.0422. The first-order chi connectivity index (χ1) is 8.20. The van der Waals surface area contributed by atoms with Gasteiger partial charge in [0.1, 0.15) is 4.90 Å². The summed E-state index contributed by atoms with van der Waals surface area (Å²) in [6.07, 6.45) is 0. The minimum atomic E-state index is -9.84. The van der Waals surface area contributed by atoms with Crippen LogP contribution in [0.3, 0.4) is 0 Å². The second-order valence-corrected chi connectivity index (χ2v) is 6.20. The van der Waals surface area contributed by atoms with Crippen LogP contribution in [-0.2, 0) is 0 Å². The van der Waals surface area contributed by atoms with E-state index in [1.165, 1.54) is 6.92 Å². The molecule has 0 heterocycles. The van der Waals surface area contributed by atoms with E-state index in [1.54, 1.807) is 0 Å². The smallest absolute Gasteiger partial charge is 0.310 e. The van der Waals surface area contributed by atoms with E-state index in [-0.39, 0.29) is 17.7 Å². The Balaban J connectivity index is 3.48. The molecule has 0 fully saturated rings. The molecular formula is C9H10F5N3OS. The molecule has 0 unspecified atom stereocenters. The number of nitrogens with zero attached hydrogens (tertiary/aromatic N) is 1. The molecule has 0 atom stereocenters. The number of nitrogens with two attached hydrogens (primary N) is 2. The molecule has 19 heavy (non-hydrogen) atoms. The lowest BCUT2D eigenvalue weighted by molar-refractivity contribution is 0.100. The zero-order chi connectivity index (χ0) is 15.1. The summed E-state index contributed by atoms with van der Waals surface area (Å²) in [6, 6.07) is 1.01. The zero-order valence-electron chi connectivity index (χ0n) is 9.54. The van der Waals surface area contributed by atoms with Gasteiger partial charge in [-0.2, -0.15) is 4.99 Å². The minimum Gasteiger partial charge on any atom is -0.370 e. The van der Waals surface area contributed by atoms with Crippen molar-refractivity contribution >= 4 is 22.1 Å². The summed E-state index contributed by atoms with van der Waals surface area (Å²) in [4.78, 5) is 12.3. The van der Waals surface area contributed by atoms with Crippen LogP contribution in [-0.4, -0.2) is 11.9 Å². The quantitative estimate of drug-likeness (QED) is 0.500. The Morgan fingerprint density at radius 1 is 1.16 bits per heavy atom. The van der Waals surface area contributed by atoms with Crippen molar-refractivity contribution in [2.75, 3.05) is 0 Å². The SMILES string of the molecule is Cc1ccc(S(F)(F)(F)(F)F)cc1C(=O)N=C(N)N. The fourth-order valence-corrected chi connectivity index (χ4v) is 1.91. The van der Waals surface area contributed by atoms with Gasteiger partial charge < -0.3 is 11.5 Å². The highest BCUT2D eigenvalue weighted by Gasteiger charge is 2.65. The molecule has 0 bridgehead atoms. The number of carbonyl (C=O) groups excluding carboxylic acids is 1. The average molecular weight is 303 g/mol. The van der Waals surface area contributed by atoms with E-state index in [0.29, 0.717) is 0 Å². The van der Waals surface area contributed by atoms with E-state index in [9.17, 15) is 24.2 Å². The van der Waals surface area contributed by atoms with Gasteiger partial charge in [0.25, 0.3) is 5.91 Å². The van der Waals surface area contributed by atoms with Crippen LogP contribution < -0.4 is 11.5 Å². The summed E-state index contributed by atoms with van der Waals surface area (Å²) in [5, 5.41) is 0. The summed E-state index contributed by atoms with van der Waals surface area (Å²) >= 11 is 0. The number of aliphatic imine (C=N–C) groups is 1. The molecule has 0 saturated carbocycles. The summed E-state index contributed by atoms with van der Waals surface area (Å²) in [7, 11) is -9.84. The number of guanidine groups is 1. The molecule has 10 heteroatoms. The summed E-state index contributed by atoms with van der Waals surface area (Å²) in [5.74, 6) is -1.90. The predicted octanol–water partition coefficient (Wildman–Crippen LogP) is 3.07. The highest BCUT2D eigenvalue weighted by Crippen LogP contribution is 3.02. The molecule has 0 saturated heterocycles. The number of rotatable bonds is 2. The van der Waals surface area contributed by atoms with Gasteiger partial charge >= 0.3 is 10.2 Å². The summed E-state index contributed by atoms with van der Waals surface area (Å²) < 4.78 is 62.9. The van der Waals surface area contributed by atoms with E-state index in [0.717, 1.165) is 6.07 Å². The van der Waals surface area contributed by atoms with Crippen LogP contribution in [0.5, 0.6) is 0 Å². The second-order valence-electron chi connectivity index (χ2n) is 3.79. The lowest BCUT2D eigenvalue weighted by Crippen LogP contribution is -2.24. The Labute approximate surface area is 105 Å². The molecule has 108 valence electrons. The van der Waals surface area contributed by atoms with Crippen molar-refractivity contribution in [3.05, 3.63) is 29.3 Å². The molecule has 1 aromatic carbocycles. The van der Waals surface area contributed by atoms with E-state index >= 15 is 0 Å². The predicted molar refractivity (Wildman–Crippen MR) is 62.7 cm³/mol. The maximum atomic E-state index is 12.6. The third-order valence-electron chi connectivity index (χ3n) is 2.12. The van der Waals surface area contributed by atoms with E-state index in [2.05, 4.69) is 4.99 Å². The lowest BCUT2D eigenvalue weighted by atomic mass is 10.1. The molecule has 0 aliphatic heterocycles. The number of amides is 1. The first kappa shape index (κ1) is 15.2. The van der Waals surface area contributed by atoms with Crippen molar-refractivity contribution < 1.29 is 24.2 Å². The van der Waals surface area contributed by atoms with Gasteiger partial charge in [-0.3, -0.25) is 4.79 Å². The van der Waals surface area contributed by atoms with Crippen molar-refractivity contribution in [2.24, 2.45) is 16.5 Å². The number of carbonyl (C=O) groups is 1. The lowest BCUT2D eigenvalue weighted by Gasteiger charge is -2.40. The summed E-state index contributed by atoms with van der Waals surface area (Å²) in [5.41, 5.74) is 9.20. The fraction of sp³-hybridized carbons (Fsp3) is 0.111. The molecule has 4 nitrogen and oxygen atoms in total. The van der Waals surface area contributed by atoms with Gasteiger partial charge in [-0.05, 0) is 24.6 Å². The average Bonchev–Trinajstić information content (AvgIpc) is 2.12. The summed E-state index contributed by atoms with van der Waals surface area (Å²) in [6.45, 7) is 1.27. The van der Waals surface area contributed by atoms with Gasteiger partial charge in [-0.1, -0.05) is 25.5 Å². The standard InChI is InChI=1S/C9H10F5N3OS/c1-5-2-3-6(19(10,11,12,13)14)4-7(5)8(18)17-9(15)16/h2-4H,1H3,(H4,15,16,17,18). The molecule has 1 rings (SSSR count). The second kappa shape index (κ2) is 3.59. The number of benzene rings is 1.